The Morgan fingerprint density at radius 3 is 2.48 bits per heavy atom. The second-order valence-electron chi connectivity index (χ2n) is 5.25. The van der Waals surface area contributed by atoms with Crippen LogP contribution in [0.3, 0.4) is 0 Å². The van der Waals surface area contributed by atoms with Crippen molar-refractivity contribution < 1.29 is 22.3 Å². The van der Waals surface area contributed by atoms with E-state index in [4.69, 9.17) is 5.11 Å². The molecule has 1 aromatic carbocycles. The molecular formula is C14H19F2NO3S. The maximum atomic E-state index is 14.2. The van der Waals surface area contributed by atoms with Gasteiger partial charge in [-0.1, -0.05) is 13.3 Å². The van der Waals surface area contributed by atoms with Gasteiger partial charge in [-0.25, -0.2) is 17.2 Å². The van der Waals surface area contributed by atoms with Crippen molar-refractivity contribution in [2.75, 3.05) is 13.1 Å². The largest absolute Gasteiger partial charge is 0.391 e. The van der Waals surface area contributed by atoms with Gasteiger partial charge in [-0.3, -0.25) is 0 Å². The molecule has 0 amide bonds. The summed E-state index contributed by atoms with van der Waals surface area (Å²) in [7, 11) is -4.02. The second kappa shape index (κ2) is 6.37. The molecule has 0 aliphatic heterocycles. The summed E-state index contributed by atoms with van der Waals surface area (Å²) in [6.45, 7) is 1.38. The zero-order valence-corrected chi connectivity index (χ0v) is 12.7. The molecule has 0 saturated heterocycles. The maximum absolute atomic E-state index is 14.2. The maximum Gasteiger partial charge on any atom is 0.245 e. The van der Waals surface area contributed by atoms with E-state index in [0.29, 0.717) is 12.5 Å². The second-order valence-corrected chi connectivity index (χ2v) is 7.16. The fourth-order valence-corrected chi connectivity index (χ4v) is 4.03. The molecule has 1 aromatic rings. The van der Waals surface area contributed by atoms with Crippen molar-refractivity contribution in [3.8, 4) is 0 Å². The van der Waals surface area contributed by atoms with Crippen molar-refractivity contribution in [1.82, 2.24) is 4.31 Å². The van der Waals surface area contributed by atoms with Crippen LogP contribution in [-0.4, -0.2) is 30.9 Å². The highest BCUT2D eigenvalue weighted by atomic mass is 32.2. The van der Waals surface area contributed by atoms with Crippen molar-refractivity contribution in [3.05, 3.63) is 29.3 Å². The Morgan fingerprint density at radius 1 is 1.33 bits per heavy atom. The van der Waals surface area contributed by atoms with Crippen LogP contribution in [0.2, 0.25) is 0 Å². The molecule has 0 spiro atoms. The van der Waals surface area contributed by atoms with Crippen LogP contribution >= 0.6 is 0 Å². The van der Waals surface area contributed by atoms with Crippen LogP contribution in [0, 0.1) is 17.6 Å². The van der Waals surface area contributed by atoms with Gasteiger partial charge in [0.2, 0.25) is 10.0 Å². The van der Waals surface area contributed by atoms with Gasteiger partial charge in [0, 0.05) is 13.1 Å². The van der Waals surface area contributed by atoms with Gasteiger partial charge in [0.05, 0.1) is 12.2 Å². The van der Waals surface area contributed by atoms with Gasteiger partial charge in [0.15, 0.2) is 5.82 Å². The number of aliphatic hydroxyl groups excluding tert-OH is 1. The summed E-state index contributed by atoms with van der Waals surface area (Å²) in [6, 6.07) is 1.79. The Labute approximate surface area is 123 Å². The minimum Gasteiger partial charge on any atom is -0.391 e. The molecule has 4 nitrogen and oxygen atoms in total. The Morgan fingerprint density at radius 2 is 2.00 bits per heavy atom. The molecule has 0 radical (unpaired) electrons. The van der Waals surface area contributed by atoms with E-state index >= 15 is 0 Å². The Bertz CT molecular complexity index is 615. The Balaban J connectivity index is 2.37. The molecule has 1 saturated carbocycles. The summed E-state index contributed by atoms with van der Waals surface area (Å²) in [4.78, 5) is -0.575. The van der Waals surface area contributed by atoms with Crippen LogP contribution < -0.4 is 0 Å². The van der Waals surface area contributed by atoms with E-state index in [0.717, 1.165) is 31.4 Å². The molecule has 0 heterocycles. The van der Waals surface area contributed by atoms with Crippen molar-refractivity contribution >= 4 is 10.0 Å². The minimum absolute atomic E-state index is 0.226. The van der Waals surface area contributed by atoms with Crippen LogP contribution in [0.4, 0.5) is 8.78 Å². The molecule has 0 atom stereocenters. The number of nitrogens with zero attached hydrogens (tertiary/aromatic N) is 1. The molecule has 1 fully saturated rings. The average Bonchev–Trinajstić information content (AvgIpc) is 2.37. The predicted octanol–water partition coefficient (Wildman–Crippen LogP) is 2.27. The number of sulfonamides is 1. The van der Waals surface area contributed by atoms with Gasteiger partial charge in [0.1, 0.15) is 10.7 Å². The summed E-state index contributed by atoms with van der Waals surface area (Å²) in [5.41, 5.74) is -0.615. The number of benzene rings is 1. The smallest absolute Gasteiger partial charge is 0.245 e. The van der Waals surface area contributed by atoms with Crippen LogP contribution in [0.1, 0.15) is 31.7 Å². The third kappa shape index (κ3) is 3.09. The molecule has 7 heteroatoms. The monoisotopic (exact) mass is 319 g/mol. The lowest BCUT2D eigenvalue weighted by Crippen LogP contribution is -2.37. The van der Waals surface area contributed by atoms with E-state index in [9.17, 15) is 17.2 Å². The first-order chi connectivity index (χ1) is 9.91. The normalized spacial score (nSPS) is 16.2. The van der Waals surface area contributed by atoms with Crippen LogP contribution in [0.5, 0.6) is 0 Å². The van der Waals surface area contributed by atoms with E-state index in [1.807, 2.05) is 0 Å². The molecule has 118 valence electrons. The van der Waals surface area contributed by atoms with Crippen molar-refractivity contribution in [2.45, 2.75) is 37.7 Å². The summed E-state index contributed by atoms with van der Waals surface area (Å²) in [5.74, 6) is -1.85. The highest BCUT2D eigenvalue weighted by Crippen LogP contribution is 2.30. The number of aliphatic hydroxyl groups is 1. The summed E-state index contributed by atoms with van der Waals surface area (Å²) >= 11 is 0. The van der Waals surface area contributed by atoms with Crippen LogP contribution in [-0.2, 0) is 16.6 Å². The minimum atomic E-state index is -4.02. The van der Waals surface area contributed by atoms with E-state index in [2.05, 4.69) is 0 Å². The van der Waals surface area contributed by atoms with Gasteiger partial charge >= 0.3 is 0 Å². The third-order valence-electron chi connectivity index (χ3n) is 3.97. The molecule has 0 aromatic heterocycles. The number of rotatable bonds is 6. The van der Waals surface area contributed by atoms with Gasteiger partial charge < -0.3 is 5.11 Å². The Kier molecular flexibility index (Phi) is 4.95. The van der Waals surface area contributed by atoms with Crippen LogP contribution in [0.25, 0.3) is 0 Å². The summed E-state index contributed by atoms with van der Waals surface area (Å²) < 4.78 is 53.8. The molecular weight excluding hydrogens is 300 g/mol. The van der Waals surface area contributed by atoms with Crippen LogP contribution in [0.15, 0.2) is 17.0 Å². The Hall–Kier alpha value is -1.05. The highest BCUT2D eigenvalue weighted by molar-refractivity contribution is 7.89. The molecule has 2 rings (SSSR count). The van der Waals surface area contributed by atoms with E-state index in [1.54, 1.807) is 6.92 Å². The summed E-state index contributed by atoms with van der Waals surface area (Å²) in [6.07, 6.45) is 3.03. The first-order valence-electron chi connectivity index (χ1n) is 6.99. The molecule has 1 N–H and O–H groups in total. The van der Waals surface area contributed by atoms with E-state index in [1.165, 1.54) is 4.31 Å². The van der Waals surface area contributed by atoms with E-state index < -0.39 is 38.7 Å². The number of halogens is 2. The third-order valence-corrected chi connectivity index (χ3v) is 5.92. The molecule has 21 heavy (non-hydrogen) atoms. The topological polar surface area (TPSA) is 57.6 Å². The fourth-order valence-electron chi connectivity index (χ4n) is 2.42. The van der Waals surface area contributed by atoms with Gasteiger partial charge in [-0.15, -0.1) is 0 Å². The lowest BCUT2D eigenvalue weighted by Gasteiger charge is -2.31. The quantitative estimate of drug-likeness (QED) is 0.875. The number of hydrogen-bond donors (Lipinski definition) is 1. The van der Waals surface area contributed by atoms with E-state index in [-0.39, 0.29) is 6.54 Å². The lowest BCUT2D eigenvalue weighted by atomic mass is 9.85. The molecule has 1 aliphatic carbocycles. The van der Waals surface area contributed by atoms with Gasteiger partial charge in [0.25, 0.3) is 0 Å². The van der Waals surface area contributed by atoms with Crippen molar-refractivity contribution in [2.24, 2.45) is 5.92 Å². The summed E-state index contributed by atoms with van der Waals surface area (Å²) in [5, 5.41) is 8.99. The molecule has 0 unspecified atom stereocenters. The average molecular weight is 319 g/mol. The van der Waals surface area contributed by atoms with Crippen molar-refractivity contribution in [1.29, 1.82) is 0 Å². The van der Waals surface area contributed by atoms with Crippen molar-refractivity contribution in [3.63, 3.8) is 0 Å². The highest BCUT2D eigenvalue weighted by Gasteiger charge is 2.31. The zero-order valence-electron chi connectivity index (χ0n) is 11.8. The first kappa shape index (κ1) is 16.3. The standard InChI is InChI=1S/C14H19F2NO3S/c1-2-17(8-10-4-3-5-10)21(19,20)13-7-6-12(15)11(9-18)14(13)16/h6-7,10,18H,2-5,8-9H2,1H3. The molecule has 1 aliphatic rings. The number of hydrogen-bond acceptors (Lipinski definition) is 3. The molecule has 0 bridgehead atoms. The predicted molar refractivity (Wildman–Crippen MR) is 74.1 cm³/mol. The first-order valence-corrected chi connectivity index (χ1v) is 8.43. The van der Waals surface area contributed by atoms with Gasteiger partial charge in [-0.05, 0) is 30.9 Å². The SMILES string of the molecule is CCN(CC1CCC1)S(=O)(=O)c1ccc(F)c(CO)c1F. The zero-order chi connectivity index (χ0) is 15.6. The van der Waals surface area contributed by atoms with Gasteiger partial charge in [-0.2, -0.15) is 4.31 Å². The lowest BCUT2D eigenvalue weighted by molar-refractivity contribution is 0.249. The fraction of sp³-hybridized carbons (Fsp3) is 0.571.